The van der Waals surface area contributed by atoms with Gasteiger partial charge in [-0.25, -0.2) is 4.79 Å². The Morgan fingerprint density at radius 2 is 1.81 bits per heavy atom. The third kappa shape index (κ3) is 3.33. The number of fused-ring (bicyclic) bond motifs is 3. The molecule has 7 nitrogen and oxygen atoms in total. The molecular weight excluding hydrogens is 408 g/mol. The van der Waals surface area contributed by atoms with Crippen LogP contribution in [0.25, 0.3) is 33.3 Å². The Kier molecular flexibility index (Phi) is 4.64. The summed E-state index contributed by atoms with van der Waals surface area (Å²) in [5.74, 6) is 1.80. The van der Waals surface area contributed by atoms with E-state index in [4.69, 9.17) is 18.3 Å². The molecule has 1 aliphatic carbocycles. The number of hydrogen-bond acceptors (Lipinski definition) is 7. The Morgan fingerprint density at radius 1 is 1.00 bits per heavy atom. The van der Waals surface area contributed by atoms with Crippen LogP contribution in [0.15, 0.2) is 44.1 Å². The lowest BCUT2D eigenvalue weighted by Crippen LogP contribution is -2.30. The van der Waals surface area contributed by atoms with Gasteiger partial charge in [-0.1, -0.05) is 19.3 Å². The molecule has 2 aliphatic rings. The number of hydrogen-bond donors (Lipinski definition) is 1. The molecule has 3 aromatic heterocycles. The molecule has 1 N–H and O–H groups in total. The third-order valence-corrected chi connectivity index (χ3v) is 6.51. The number of benzene rings is 1. The molecule has 1 aromatic carbocycles. The highest BCUT2D eigenvalue weighted by atomic mass is 16.7. The van der Waals surface area contributed by atoms with E-state index in [9.17, 15) is 4.79 Å². The van der Waals surface area contributed by atoms with Crippen molar-refractivity contribution < 1.29 is 18.3 Å². The van der Waals surface area contributed by atoms with Crippen molar-refractivity contribution in [3.05, 3.63) is 52.1 Å². The molecule has 1 fully saturated rings. The molecule has 32 heavy (non-hydrogen) atoms. The molecule has 0 atom stereocenters. The third-order valence-electron chi connectivity index (χ3n) is 6.51. The minimum Gasteiger partial charge on any atom is -0.454 e. The first-order valence-corrected chi connectivity index (χ1v) is 11.1. The largest absolute Gasteiger partial charge is 0.454 e. The van der Waals surface area contributed by atoms with Crippen LogP contribution in [0.5, 0.6) is 11.5 Å². The number of nitrogens with one attached hydrogen (secondary N) is 1. The predicted octanol–water partition coefficient (Wildman–Crippen LogP) is 5.06. The van der Waals surface area contributed by atoms with E-state index in [0.29, 0.717) is 34.4 Å². The summed E-state index contributed by atoms with van der Waals surface area (Å²) in [6.07, 6.45) is 8.28. The van der Waals surface area contributed by atoms with Gasteiger partial charge in [-0.15, -0.1) is 0 Å². The van der Waals surface area contributed by atoms with Crippen LogP contribution in [-0.2, 0) is 6.54 Å². The first-order chi connectivity index (χ1) is 15.7. The highest BCUT2D eigenvalue weighted by Gasteiger charge is 2.21. The molecule has 6 rings (SSSR count). The monoisotopic (exact) mass is 432 g/mol. The van der Waals surface area contributed by atoms with Crippen molar-refractivity contribution in [2.24, 2.45) is 0 Å². The maximum Gasteiger partial charge on any atom is 0.336 e. The zero-order valence-corrected chi connectivity index (χ0v) is 17.9. The normalized spacial score (nSPS) is 16.3. The maximum absolute atomic E-state index is 12.3. The van der Waals surface area contributed by atoms with Crippen LogP contribution in [-0.4, -0.2) is 17.8 Å². The molecule has 0 spiro atoms. The van der Waals surface area contributed by atoms with E-state index >= 15 is 0 Å². The summed E-state index contributed by atoms with van der Waals surface area (Å²) in [5, 5.41) is 5.44. The van der Waals surface area contributed by atoms with E-state index in [1.165, 1.54) is 38.2 Å². The molecule has 4 aromatic rings. The van der Waals surface area contributed by atoms with E-state index in [1.807, 2.05) is 25.3 Å². The molecule has 1 saturated carbocycles. The van der Waals surface area contributed by atoms with Gasteiger partial charge in [0, 0.05) is 47.3 Å². The average Bonchev–Trinajstić information content (AvgIpc) is 3.45. The molecule has 0 bridgehead atoms. The van der Waals surface area contributed by atoms with Crippen molar-refractivity contribution in [2.75, 3.05) is 6.79 Å². The lowest BCUT2D eigenvalue weighted by molar-refractivity contribution is 0.174. The van der Waals surface area contributed by atoms with Crippen LogP contribution < -0.4 is 20.4 Å². The van der Waals surface area contributed by atoms with E-state index in [-0.39, 0.29) is 6.79 Å². The fourth-order valence-electron chi connectivity index (χ4n) is 4.79. The van der Waals surface area contributed by atoms with Gasteiger partial charge >= 0.3 is 5.63 Å². The Hall–Kier alpha value is -3.32. The van der Waals surface area contributed by atoms with Gasteiger partial charge in [0.15, 0.2) is 17.1 Å². The van der Waals surface area contributed by atoms with Gasteiger partial charge in [-0.3, -0.25) is 4.98 Å². The molecular formula is C25H24N2O5. The first-order valence-electron chi connectivity index (χ1n) is 11.1. The Balaban J connectivity index is 1.44. The number of aromatic nitrogens is 1. The van der Waals surface area contributed by atoms with E-state index in [0.717, 1.165) is 34.2 Å². The summed E-state index contributed by atoms with van der Waals surface area (Å²) in [7, 11) is 0. The zero-order valence-electron chi connectivity index (χ0n) is 17.9. The molecule has 4 heterocycles. The first kappa shape index (κ1) is 19.4. The second-order valence-electron chi connectivity index (χ2n) is 8.62. The highest BCUT2D eigenvalue weighted by molar-refractivity contribution is 5.97. The maximum atomic E-state index is 12.3. The Labute approximate surface area is 184 Å². The van der Waals surface area contributed by atoms with Crippen LogP contribution in [0.3, 0.4) is 0 Å². The van der Waals surface area contributed by atoms with Crippen molar-refractivity contribution in [1.82, 2.24) is 10.3 Å². The van der Waals surface area contributed by atoms with Crippen molar-refractivity contribution in [3.8, 4) is 22.8 Å². The zero-order chi connectivity index (χ0) is 21.7. The summed E-state index contributed by atoms with van der Waals surface area (Å²) in [5.41, 5.74) is 3.31. The molecule has 164 valence electrons. The lowest BCUT2D eigenvalue weighted by Gasteiger charge is -2.22. The van der Waals surface area contributed by atoms with Crippen LogP contribution in [0.4, 0.5) is 0 Å². The van der Waals surface area contributed by atoms with Crippen molar-refractivity contribution in [3.63, 3.8) is 0 Å². The Morgan fingerprint density at radius 3 is 2.66 bits per heavy atom. The summed E-state index contributed by atoms with van der Waals surface area (Å²) in [4.78, 5) is 16.9. The molecule has 0 amide bonds. The van der Waals surface area contributed by atoms with E-state index < -0.39 is 5.63 Å². The number of pyridine rings is 1. The minimum atomic E-state index is -0.444. The van der Waals surface area contributed by atoms with E-state index in [1.54, 1.807) is 6.07 Å². The highest BCUT2D eigenvalue weighted by Crippen LogP contribution is 2.40. The summed E-state index contributed by atoms with van der Waals surface area (Å²) >= 11 is 0. The smallest absolute Gasteiger partial charge is 0.336 e. The lowest BCUT2D eigenvalue weighted by atomic mass is 9.95. The number of rotatable bonds is 4. The van der Waals surface area contributed by atoms with Gasteiger partial charge in [-0.2, -0.15) is 0 Å². The van der Waals surface area contributed by atoms with Crippen LogP contribution in [0.1, 0.15) is 43.4 Å². The van der Waals surface area contributed by atoms with Gasteiger partial charge in [0.2, 0.25) is 6.79 Å². The Bertz CT molecular complexity index is 1380. The van der Waals surface area contributed by atoms with Gasteiger partial charge in [0.05, 0.1) is 5.69 Å². The summed E-state index contributed by atoms with van der Waals surface area (Å²) in [6.45, 7) is 2.82. The van der Waals surface area contributed by atoms with Crippen molar-refractivity contribution in [1.29, 1.82) is 0 Å². The van der Waals surface area contributed by atoms with Gasteiger partial charge in [0.1, 0.15) is 11.3 Å². The standard InChI is InChI=1S/C25H24N2O5/c1-14-25-17(15(11-26-14)12-27-16-5-3-2-4-6-16)7-20(32-25)19-9-24(28)31-21-10-23-22(8-18(19)21)29-13-30-23/h7-11,16,27H,2-6,12-13H2,1H3. The number of aryl methyl sites for hydroxylation is 1. The van der Waals surface area contributed by atoms with Crippen molar-refractivity contribution >= 4 is 21.9 Å². The molecule has 0 radical (unpaired) electrons. The number of ether oxygens (including phenoxy) is 2. The fraction of sp³-hybridized carbons (Fsp3) is 0.360. The van der Waals surface area contributed by atoms with Crippen molar-refractivity contribution in [2.45, 2.75) is 51.6 Å². The predicted molar refractivity (Wildman–Crippen MR) is 120 cm³/mol. The van der Waals surface area contributed by atoms with Gasteiger partial charge in [0.25, 0.3) is 0 Å². The number of nitrogens with zero attached hydrogens (tertiary/aromatic N) is 1. The second-order valence-corrected chi connectivity index (χ2v) is 8.62. The molecule has 0 saturated heterocycles. The van der Waals surface area contributed by atoms with Crippen LogP contribution in [0, 0.1) is 6.92 Å². The molecule has 7 heteroatoms. The molecule has 1 aliphatic heterocycles. The second kappa shape index (κ2) is 7.67. The number of furan rings is 1. The SMILES string of the molecule is Cc1ncc(CNC2CCCCC2)c2cc(-c3cc(=O)oc4cc5c(cc34)OCO5)oc12. The fourth-order valence-corrected chi connectivity index (χ4v) is 4.79. The van der Waals surface area contributed by atoms with Gasteiger partial charge < -0.3 is 23.6 Å². The molecule has 0 unspecified atom stereocenters. The van der Waals surface area contributed by atoms with Crippen LogP contribution in [0.2, 0.25) is 0 Å². The van der Waals surface area contributed by atoms with Crippen LogP contribution >= 0.6 is 0 Å². The van der Waals surface area contributed by atoms with Gasteiger partial charge in [-0.05, 0) is 37.5 Å². The average molecular weight is 432 g/mol. The summed E-state index contributed by atoms with van der Waals surface area (Å²) in [6, 6.07) is 7.54. The van der Waals surface area contributed by atoms with E-state index in [2.05, 4.69) is 10.3 Å². The quantitative estimate of drug-likeness (QED) is 0.451. The minimum absolute atomic E-state index is 0.151. The summed E-state index contributed by atoms with van der Waals surface area (Å²) < 4.78 is 22.6. The topological polar surface area (TPSA) is 86.7 Å².